The Hall–Kier alpha value is -1.84. The van der Waals surface area contributed by atoms with Crippen LogP contribution in [0.25, 0.3) is 0 Å². The summed E-state index contributed by atoms with van der Waals surface area (Å²) in [4.78, 5) is 26.1. The summed E-state index contributed by atoms with van der Waals surface area (Å²) < 4.78 is 12.0. The Morgan fingerprint density at radius 1 is 0.409 bits per heavy atom. The molecule has 44 heavy (non-hydrogen) atoms. The highest BCUT2D eigenvalue weighted by Gasteiger charge is 2.19. The van der Waals surface area contributed by atoms with Gasteiger partial charge in [0.1, 0.15) is 12.2 Å². The van der Waals surface area contributed by atoms with Crippen LogP contribution in [0.4, 0.5) is 0 Å². The second kappa shape index (κ2) is 28.6. The summed E-state index contributed by atoms with van der Waals surface area (Å²) >= 11 is 0. The summed E-state index contributed by atoms with van der Waals surface area (Å²) in [6.45, 7) is 8.92. The summed E-state index contributed by atoms with van der Waals surface area (Å²) in [6.07, 6.45) is 31.0. The lowest BCUT2D eigenvalue weighted by Gasteiger charge is -2.19. The molecule has 0 amide bonds. The monoisotopic (exact) mass is 615 g/mol. The zero-order chi connectivity index (χ0) is 32.1. The highest BCUT2D eigenvalue weighted by atomic mass is 16.5. The van der Waals surface area contributed by atoms with E-state index in [9.17, 15) is 9.59 Å². The molecule has 0 bridgehead atoms. The van der Waals surface area contributed by atoms with Crippen molar-refractivity contribution in [3.63, 3.8) is 0 Å². The molecular formula is C40H70O4. The van der Waals surface area contributed by atoms with Crippen molar-refractivity contribution in [1.29, 1.82) is 0 Å². The van der Waals surface area contributed by atoms with E-state index in [2.05, 4.69) is 27.7 Å². The molecule has 0 radical (unpaired) electrons. The van der Waals surface area contributed by atoms with Gasteiger partial charge in [0.05, 0.1) is 11.1 Å². The second-order valence-electron chi connectivity index (χ2n) is 13.2. The van der Waals surface area contributed by atoms with Gasteiger partial charge in [-0.05, 0) is 75.6 Å². The molecule has 0 aliphatic rings. The van der Waals surface area contributed by atoms with E-state index in [1.165, 1.54) is 103 Å². The number of hydrogen-bond donors (Lipinski definition) is 0. The SMILES string of the molecule is CCCCCCCCCCC(CCCCC)OC(=O)c1ccc(C(=O)OC(CCCCC)CCCCCCCCCC)cc1. The molecule has 4 heteroatoms. The summed E-state index contributed by atoms with van der Waals surface area (Å²) in [6, 6.07) is 6.90. The van der Waals surface area contributed by atoms with Gasteiger partial charge in [-0.2, -0.15) is 0 Å². The molecule has 0 saturated heterocycles. The van der Waals surface area contributed by atoms with Crippen LogP contribution in [-0.4, -0.2) is 24.1 Å². The minimum Gasteiger partial charge on any atom is -0.459 e. The lowest BCUT2D eigenvalue weighted by atomic mass is 10.0. The molecule has 0 N–H and O–H groups in total. The quantitative estimate of drug-likeness (QED) is 0.0639. The fourth-order valence-electron chi connectivity index (χ4n) is 5.96. The summed E-state index contributed by atoms with van der Waals surface area (Å²) in [7, 11) is 0. The van der Waals surface area contributed by atoms with Gasteiger partial charge in [-0.1, -0.05) is 143 Å². The van der Waals surface area contributed by atoms with Crippen LogP contribution in [0.3, 0.4) is 0 Å². The number of carbonyl (C=O) groups excluding carboxylic acids is 2. The molecule has 2 unspecified atom stereocenters. The normalized spacial score (nSPS) is 12.6. The standard InChI is InChI=1S/C40H70O4/c1-5-9-13-15-17-19-21-25-29-37(27-23-11-7-3)43-39(41)35-31-33-36(34-32-35)40(42)44-38(28-24-12-8-4)30-26-22-20-18-16-14-10-6-2/h31-34,37-38H,5-30H2,1-4H3. The van der Waals surface area contributed by atoms with Crippen molar-refractivity contribution in [3.05, 3.63) is 35.4 Å². The van der Waals surface area contributed by atoms with Gasteiger partial charge >= 0.3 is 11.9 Å². The van der Waals surface area contributed by atoms with Crippen molar-refractivity contribution >= 4 is 11.9 Å². The zero-order valence-corrected chi connectivity index (χ0v) is 29.5. The van der Waals surface area contributed by atoms with Crippen molar-refractivity contribution in [2.75, 3.05) is 0 Å². The summed E-state index contributed by atoms with van der Waals surface area (Å²) in [5, 5.41) is 0. The average Bonchev–Trinajstić information content (AvgIpc) is 3.03. The predicted molar refractivity (Wildman–Crippen MR) is 188 cm³/mol. The Morgan fingerprint density at radius 3 is 0.932 bits per heavy atom. The molecule has 1 aromatic rings. The number of carbonyl (C=O) groups is 2. The molecule has 0 aromatic heterocycles. The number of benzene rings is 1. The summed E-state index contributed by atoms with van der Waals surface area (Å²) in [5.74, 6) is -0.559. The van der Waals surface area contributed by atoms with Crippen molar-refractivity contribution in [1.82, 2.24) is 0 Å². The molecule has 0 saturated carbocycles. The first kappa shape index (κ1) is 40.2. The van der Waals surface area contributed by atoms with Crippen molar-refractivity contribution in [2.45, 2.75) is 207 Å². The van der Waals surface area contributed by atoms with E-state index in [1.807, 2.05) is 0 Å². The highest BCUT2D eigenvalue weighted by molar-refractivity contribution is 5.93. The minimum absolute atomic E-state index is 0.0287. The smallest absolute Gasteiger partial charge is 0.338 e. The van der Waals surface area contributed by atoms with Crippen molar-refractivity contribution in [2.24, 2.45) is 0 Å². The van der Waals surface area contributed by atoms with Gasteiger partial charge in [-0.25, -0.2) is 9.59 Å². The van der Waals surface area contributed by atoms with E-state index in [1.54, 1.807) is 24.3 Å². The van der Waals surface area contributed by atoms with Crippen LogP contribution in [0.2, 0.25) is 0 Å². The number of rotatable bonds is 30. The molecular weight excluding hydrogens is 544 g/mol. The molecule has 0 fully saturated rings. The molecule has 0 aliphatic heterocycles. The lowest BCUT2D eigenvalue weighted by molar-refractivity contribution is 0.0234. The fourth-order valence-corrected chi connectivity index (χ4v) is 5.96. The number of esters is 2. The van der Waals surface area contributed by atoms with Crippen LogP contribution in [0.5, 0.6) is 0 Å². The second-order valence-corrected chi connectivity index (χ2v) is 13.2. The third-order valence-corrected chi connectivity index (χ3v) is 8.92. The van der Waals surface area contributed by atoms with Gasteiger partial charge in [0.2, 0.25) is 0 Å². The molecule has 0 spiro atoms. The maximum absolute atomic E-state index is 13.0. The van der Waals surface area contributed by atoms with Gasteiger partial charge in [0, 0.05) is 0 Å². The van der Waals surface area contributed by atoms with Gasteiger partial charge in [0.15, 0.2) is 0 Å². The first-order valence-corrected chi connectivity index (χ1v) is 19.1. The third-order valence-electron chi connectivity index (χ3n) is 8.92. The predicted octanol–water partition coefficient (Wildman–Crippen LogP) is 13.0. The zero-order valence-electron chi connectivity index (χ0n) is 29.5. The largest absolute Gasteiger partial charge is 0.459 e. The van der Waals surface area contributed by atoms with E-state index in [0.29, 0.717) is 11.1 Å². The van der Waals surface area contributed by atoms with E-state index in [0.717, 1.165) is 64.2 Å². The minimum atomic E-state index is -0.280. The Labute approximate surface area is 272 Å². The summed E-state index contributed by atoms with van der Waals surface area (Å²) in [5.41, 5.74) is 1.02. The number of unbranched alkanes of at least 4 members (excludes halogenated alkanes) is 18. The van der Waals surface area contributed by atoms with Crippen LogP contribution in [0.15, 0.2) is 24.3 Å². The maximum Gasteiger partial charge on any atom is 0.338 e. The van der Waals surface area contributed by atoms with Gasteiger partial charge in [-0.15, -0.1) is 0 Å². The highest BCUT2D eigenvalue weighted by Crippen LogP contribution is 2.20. The van der Waals surface area contributed by atoms with Gasteiger partial charge in [0.25, 0.3) is 0 Å². The Kier molecular flexibility index (Phi) is 26.1. The lowest BCUT2D eigenvalue weighted by Crippen LogP contribution is -2.20. The molecule has 2 atom stereocenters. The first-order chi connectivity index (χ1) is 21.5. The van der Waals surface area contributed by atoms with E-state index >= 15 is 0 Å². The fraction of sp³-hybridized carbons (Fsp3) is 0.800. The maximum atomic E-state index is 13.0. The van der Waals surface area contributed by atoms with Crippen molar-refractivity contribution in [3.8, 4) is 0 Å². The first-order valence-electron chi connectivity index (χ1n) is 19.1. The number of hydrogen-bond acceptors (Lipinski definition) is 4. The molecule has 254 valence electrons. The van der Waals surface area contributed by atoms with Crippen LogP contribution in [0, 0.1) is 0 Å². The Morgan fingerprint density at radius 2 is 0.636 bits per heavy atom. The molecule has 0 aliphatic carbocycles. The van der Waals surface area contributed by atoms with Crippen LogP contribution in [0.1, 0.15) is 215 Å². The Balaban J connectivity index is 2.58. The number of ether oxygens (including phenoxy) is 2. The van der Waals surface area contributed by atoms with Gasteiger partial charge in [-0.3, -0.25) is 0 Å². The van der Waals surface area contributed by atoms with Crippen LogP contribution in [-0.2, 0) is 9.47 Å². The van der Waals surface area contributed by atoms with E-state index in [-0.39, 0.29) is 24.1 Å². The van der Waals surface area contributed by atoms with Gasteiger partial charge < -0.3 is 9.47 Å². The molecule has 1 aromatic carbocycles. The van der Waals surface area contributed by atoms with Crippen molar-refractivity contribution < 1.29 is 19.1 Å². The Bertz CT molecular complexity index is 735. The van der Waals surface area contributed by atoms with Crippen LogP contribution >= 0.6 is 0 Å². The van der Waals surface area contributed by atoms with E-state index in [4.69, 9.17) is 9.47 Å². The molecule has 0 heterocycles. The average molecular weight is 615 g/mol. The molecule has 4 nitrogen and oxygen atoms in total. The molecule has 1 rings (SSSR count). The third kappa shape index (κ3) is 21.0. The van der Waals surface area contributed by atoms with E-state index < -0.39 is 0 Å². The topological polar surface area (TPSA) is 52.6 Å². The van der Waals surface area contributed by atoms with Crippen LogP contribution < -0.4 is 0 Å².